The molecule has 9 heteroatoms. The van der Waals surface area contributed by atoms with E-state index in [0.29, 0.717) is 17.9 Å². The van der Waals surface area contributed by atoms with Gasteiger partial charge in [0.25, 0.3) is 5.91 Å². The highest BCUT2D eigenvalue weighted by Gasteiger charge is 2.18. The fourth-order valence-electron chi connectivity index (χ4n) is 3.23. The maximum Gasteiger partial charge on any atom is 0.251 e. The van der Waals surface area contributed by atoms with E-state index in [1.807, 2.05) is 13.0 Å². The second-order valence-electron chi connectivity index (χ2n) is 7.23. The number of nitrogens with zero attached hydrogens (tertiary/aromatic N) is 2. The lowest BCUT2D eigenvalue weighted by Crippen LogP contribution is -2.24. The van der Waals surface area contributed by atoms with Gasteiger partial charge in [-0.1, -0.05) is 11.6 Å². The quantitative estimate of drug-likeness (QED) is 0.547. The van der Waals surface area contributed by atoms with E-state index in [-0.39, 0.29) is 29.3 Å². The molecular formula is C22H21ClFN3O3S. The van der Waals surface area contributed by atoms with Gasteiger partial charge in [0.1, 0.15) is 23.2 Å². The second-order valence-corrected chi connectivity index (χ2v) is 8.90. The summed E-state index contributed by atoms with van der Waals surface area (Å²) in [5, 5.41) is 3.69. The van der Waals surface area contributed by atoms with Crippen LogP contribution in [-0.4, -0.2) is 35.2 Å². The SMILES string of the molecule is Cc1cnc(-c2cc(OCC3CCCO3)cc(C(=O)NCc3ncc(Cl)cc3F)c2)s1. The number of ether oxygens (including phenoxy) is 2. The van der Waals surface area contributed by atoms with Crippen LogP contribution in [-0.2, 0) is 11.3 Å². The Hall–Kier alpha value is -2.55. The summed E-state index contributed by atoms with van der Waals surface area (Å²) in [4.78, 5) is 22.2. The molecule has 1 aliphatic rings. The van der Waals surface area contributed by atoms with Gasteiger partial charge in [-0.2, -0.15) is 0 Å². The van der Waals surface area contributed by atoms with E-state index in [4.69, 9.17) is 21.1 Å². The fraction of sp³-hybridized carbons (Fsp3) is 0.318. The number of amides is 1. The maximum atomic E-state index is 14.0. The van der Waals surface area contributed by atoms with Gasteiger partial charge in [-0.25, -0.2) is 9.37 Å². The molecule has 1 aromatic carbocycles. The minimum Gasteiger partial charge on any atom is -0.491 e. The second kappa shape index (κ2) is 9.72. The number of carbonyl (C=O) groups is 1. The van der Waals surface area contributed by atoms with Gasteiger partial charge in [0.2, 0.25) is 0 Å². The molecule has 3 heterocycles. The van der Waals surface area contributed by atoms with E-state index in [1.54, 1.807) is 18.3 Å². The van der Waals surface area contributed by atoms with Crippen LogP contribution >= 0.6 is 22.9 Å². The van der Waals surface area contributed by atoms with Gasteiger partial charge in [-0.3, -0.25) is 9.78 Å². The van der Waals surface area contributed by atoms with Gasteiger partial charge in [-0.15, -0.1) is 11.3 Å². The van der Waals surface area contributed by atoms with E-state index in [1.165, 1.54) is 23.6 Å². The summed E-state index contributed by atoms with van der Waals surface area (Å²) in [5.74, 6) is -0.379. The largest absolute Gasteiger partial charge is 0.491 e. The van der Waals surface area contributed by atoms with Crippen molar-refractivity contribution >= 4 is 28.8 Å². The van der Waals surface area contributed by atoms with Crippen LogP contribution in [0.3, 0.4) is 0 Å². The number of pyridine rings is 1. The molecule has 4 rings (SSSR count). The molecule has 1 unspecified atom stereocenters. The van der Waals surface area contributed by atoms with Gasteiger partial charge >= 0.3 is 0 Å². The van der Waals surface area contributed by atoms with Crippen LogP contribution in [0.2, 0.25) is 5.02 Å². The van der Waals surface area contributed by atoms with Crippen LogP contribution in [0.4, 0.5) is 4.39 Å². The molecule has 1 amide bonds. The van der Waals surface area contributed by atoms with Gasteiger partial charge in [0.05, 0.1) is 23.4 Å². The average molecular weight is 462 g/mol. The molecule has 1 aliphatic heterocycles. The molecule has 3 aromatic rings. The first-order valence-corrected chi connectivity index (χ1v) is 11.1. The predicted molar refractivity (Wildman–Crippen MR) is 117 cm³/mol. The summed E-state index contributed by atoms with van der Waals surface area (Å²) in [5.41, 5.74) is 1.28. The Morgan fingerprint density at radius 2 is 2.19 bits per heavy atom. The van der Waals surface area contributed by atoms with Crippen LogP contribution in [0.1, 0.15) is 33.8 Å². The first-order chi connectivity index (χ1) is 15.0. The van der Waals surface area contributed by atoms with Gasteiger partial charge in [0.15, 0.2) is 0 Å². The molecule has 2 aromatic heterocycles. The van der Waals surface area contributed by atoms with Crippen LogP contribution in [0.15, 0.2) is 36.7 Å². The van der Waals surface area contributed by atoms with Crippen molar-refractivity contribution < 1.29 is 18.7 Å². The summed E-state index contributed by atoms with van der Waals surface area (Å²) < 4.78 is 25.5. The lowest BCUT2D eigenvalue weighted by atomic mass is 10.1. The molecule has 1 N–H and O–H groups in total. The summed E-state index contributed by atoms with van der Waals surface area (Å²) >= 11 is 7.26. The first-order valence-electron chi connectivity index (χ1n) is 9.88. The summed E-state index contributed by atoms with van der Waals surface area (Å²) in [6, 6.07) is 6.45. The number of aromatic nitrogens is 2. The monoisotopic (exact) mass is 461 g/mol. The Balaban J connectivity index is 1.53. The Labute approximate surface area is 188 Å². The van der Waals surface area contributed by atoms with Crippen molar-refractivity contribution in [2.45, 2.75) is 32.4 Å². The van der Waals surface area contributed by atoms with E-state index >= 15 is 0 Å². The van der Waals surface area contributed by atoms with Crippen LogP contribution in [0.5, 0.6) is 5.75 Å². The van der Waals surface area contributed by atoms with Crippen LogP contribution < -0.4 is 10.1 Å². The minimum absolute atomic E-state index is 0.0574. The lowest BCUT2D eigenvalue weighted by Gasteiger charge is -2.14. The summed E-state index contributed by atoms with van der Waals surface area (Å²) in [6.07, 6.45) is 5.17. The average Bonchev–Trinajstić information content (AvgIpc) is 3.43. The zero-order valence-corrected chi connectivity index (χ0v) is 18.4. The third kappa shape index (κ3) is 5.58. The van der Waals surface area contributed by atoms with Crippen LogP contribution in [0.25, 0.3) is 10.6 Å². The topological polar surface area (TPSA) is 73.3 Å². The number of benzene rings is 1. The van der Waals surface area contributed by atoms with Crippen molar-refractivity contribution in [1.82, 2.24) is 15.3 Å². The number of halogens is 2. The third-order valence-electron chi connectivity index (χ3n) is 4.80. The van der Waals surface area contributed by atoms with Gasteiger partial charge < -0.3 is 14.8 Å². The van der Waals surface area contributed by atoms with E-state index in [0.717, 1.165) is 34.9 Å². The molecule has 6 nitrogen and oxygen atoms in total. The van der Waals surface area contributed by atoms with Crippen LogP contribution in [0, 0.1) is 12.7 Å². The minimum atomic E-state index is -0.569. The number of nitrogens with one attached hydrogen (secondary N) is 1. The molecule has 1 atom stereocenters. The molecule has 0 saturated carbocycles. The predicted octanol–water partition coefficient (Wildman–Crippen LogP) is 4.79. The molecule has 0 aliphatic carbocycles. The number of hydrogen-bond donors (Lipinski definition) is 1. The van der Waals surface area contributed by atoms with Crippen molar-refractivity contribution in [3.8, 4) is 16.3 Å². The standard InChI is InChI=1S/C22H21ClFN3O3S/c1-13-9-27-22(31-13)15-5-14(6-18(7-15)30-12-17-3-2-4-29-17)21(28)26-11-20-19(24)8-16(23)10-25-20/h5-10,17H,2-4,11-12H2,1H3,(H,26,28). The number of aryl methyl sites for hydroxylation is 1. The van der Waals surface area contributed by atoms with Crippen molar-refractivity contribution in [1.29, 1.82) is 0 Å². The highest BCUT2D eigenvalue weighted by atomic mass is 35.5. The molecule has 162 valence electrons. The number of carbonyl (C=O) groups excluding carboxylic acids is 1. The van der Waals surface area contributed by atoms with Gasteiger partial charge in [0, 0.05) is 35.0 Å². The summed E-state index contributed by atoms with van der Waals surface area (Å²) in [6.45, 7) is 3.07. The van der Waals surface area contributed by atoms with Crippen molar-refractivity contribution in [2.75, 3.05) is 13.2 Å². The smallest absolute Gasteiger partial charge is 0.251 e. The lowest BCUT2D eigenvalue weighted by molar-refractivity contribution is 0.0679. The molecule has 31 heavy (non-hydrogen) atoms. The third-order valence-corrected chi connectivity index (χ3v) is 5.97. The first kappa shape index (κ1) is 21.7. The van der Waals surface area contributed by atoms with E-state index in [2.05, 4.69) is 15.3 Å². The van der Waals surface area contributed by atoms with E-state index < -0.39 is 5.82 Å². The molecular weight excluding hydrogens is 441 g/mol. The Kier molecular flexibility index (Phi) is 6.80. The van der Waals surface area contributed by atoms with Gasteiger partial charge in [-0.05, 0) is 44.0 Å². The fourth-order valence-corrected chi connectivity index (χ4v) is 4.13. The molecule has 1 saturated heterocycles. The zero-order valence-electron chi connectivity index (χ0n) is 16.9. The molecule has 0 radical (unpaired) electrons. The Bertz CT molecular complexity index is 1090. The maximum absolute atomic E-state index is 14.0. The molecule has 1 fully saturated rings. The summed E-state index contributed by atoms with van der Waals surface area (Å²) in [7, 11) is 0. The highest BCUT2D eigenvalue weighted by Crippen LogP contribution is 2.30. The molecule has 0 bridgehead atoms. The van der Waals surface area contributed by atoms with Crippen molar-refractivity contribution in [3.05, 3.63) is 63.6 Å². The number of hydrogen-bond acceptors (Lipinski definition) is 6. The highest BCUT2D eigenvalue weighted by molar-refractivity contribution is 7.14. The van der Waals surface area contributed by atoms with E-state index in [9.17, 15) is 9.18 Å². The number of thiazole rings is 1. The zero-order chi connectivity index (χ0) is 21.8. The Morgan fingerprint density at radius 1 is 1.32 bits per heavy atom. The molecule has 0 spiro atoms. The Morgan fingerprint density at radius 3 is 2.90 bits per heavy atom. The van der Waals surface area contributed by atoms with Crippen molar-refractivity contribution in [2.24, 2.45) is 0 Å². The number of rotatable bonds is 7. The van der Waals surface area contributed by atoms with Crippen molar-refractivity contribution in [3.63, 3.8) is 0 Å². The normalized spacial score (nSPS) is 15.8.